The van der Waals surface area contributed by atoms with E-state index in [9.17, 15) is 0 Å². The quantitative estimate of drug-likeness (QED) is 0.700. The van der Waals surface area contributed by atoms with Gasteiger partial charge in [-0.3, -0.25) is 9.58 Å². The predicted molar refractivity (Wildman–Crippen MR) is 117 cm³/mol. The van der Waals surface area contributed by atoms with Crippen LogP contribution in [0.5, 0.6) is 0 Å². The highest BCUT2D eigenvalue weighted by Gasteiger charge is 2.35. The van der Waals surface area contributed by atoms with Crippen LogP contribution in [0, 0.1) is 19.3 Å². The second-order valence-corrected chi connectivity index (χ2v) is 8.95. The van der Waals surface area contributed by atoms with Gasteiger partial charge in [-0.25, -0.2) is 0 Å². The Morgan fingerprint density at radius 2 is 1.93 bits per heavy atom. The lowest BCUT2D eigenvalue weighted by molar-refractivity contribution is -0.0626. The third kappa shape index (κ3) is 4.69. The van der Waals surface area contributed by atoms with Crippen molar-refractivity contribution in [1.29, 1.82) is 0 Å². The predicted octanol–water partition coefficient (Wildman–Crippen LogP) is 4.35. The molecule has 0 N–H and O–H groups in total. The molecular weight excluding hydrogens is 382 g/mol. The van der Waals surface area contributed by atoms with Gasteiger partial charge in [0.25, 0.3) is 0 Å². The molecular formula is C24H30ClN3O. The van der Waals surface area contributed by atoms with Crippen molar-refractivity contribution in [2.24, 2.45) is 7.05 Å². The van der Waals surface area contributed by atoms with Gasteiger partial charge in [-0.05, 0) is 62.8 Å². The van der Waals surface area contributed by atoms with Crippen LogP contribution in [0.2, 0.25) is 5.02 Å². The molecule has 1 aromatic carbocycles. The van der Waals surface area contributed by atoms with Crippen molar-refractivity contribution in [3.63, 3.8) is 0 Å². The molecule has 0 spiro atoms. The molecule has 2 aromatic rings. The van der Waals surface area contributed by atoms with Crippen molar-refractivity contribution < 1.29 is 4.74 Å². The minimum atomic E-state index is -0.104. The number of benzene rings is 1. The van der Waals surface area contributed by atoms with Crippen molar-refractivity contribution in [2.45, 2.75) is 63.1 Å². The molecule has 2 atom stereocenters. The molecule has 0 unspecified atom stereocenters. The van der Waals surface area contributed by atoms with Crippen LogP contribution in [0.4, 0.5) is 0 Å². The summed E-state index contributed by atoms with van der Waals surface area (Å²) in [4.78, 5) is 2.63. The summed E-state index contributed by atoms with van der Waals surface area (Å²) in [7, 11) is 2.03. The molecule has 1 saturated carbocycles. The molecule has 29 heavy (non-hydrogen) atoms. The number of halogens is 1. The van der Waals surface area contributed by atoms with Crippen LogP contribution in [-0.2, 0) is 18.2 Å². The van der Waals surface area contributed by atoms with Crippen molar-refractivity contribution >= 4 is 11.6 Å². The Morgan fingerprint density at radius 3 is 2.55 bits per heavy atom. The van der Waals surface area contributed by atoms with Crippen LogP contribution in [0.15, 0.2) is 30.3 Å². The van der Waals surface area contributed by atoms with Gasteiger partial charge in [-0.1, -0.05) is 29.7 Å². The Balaban J connectivity index is 1.43. The van der Waals surface area contributed by atoms with Crippen molar-refractivity contribution in [1.82, 2.24) is 14.7 Å². The van der Waals surface area contributed by atoms with E-state index in [0.29, 0.717) is 24.6 Å². The minimum Gasteiger partial charge on any atom is -0.363 e. The number of aryl methyl sites for hydroxylation is 2. The van der Waals surface area contributed by atoms with Gasteiger partial charge < -0.3 is 4.74 Å². The number of rotatable bonds is 4. The molecule has 0 amide bonds. The fourth-order valence-corrected chi connectivity index (χ4v) is 4.95. The van der Waals surface area contributed by atoms with Crippen LogP contribution in [-0.4, -0.2) is 46.0 Å². The maximum atomic E-state index is 6.05. The van der Waals surface area contributed by atoms with Crippen LogP contribution in [0.1, 0.15) is 48.6 Å². The molecule has 2 heterocycles. The third-order valence-electron chi connectivity index (χ3n) is 6.62. The van der Waals surface area contributed by atoms with E-state index in [1.165, 1.54) is 42.6 Å². The Morgan fingerprint density at radius 1 is 1.21 bits per heavy atom. The third-order valence-corrected chi connectivity index (χ3v) is 6.87. The molecule has 154 valence electrons. The van der Waals surface area contributed by atoms with E-state index in [-0.39, 0.29) is 6.10 Å². The zero-order valence-corrected chi connectivity index (χ0v) is 18.1. The average Bonchev–Trinajstić information content (AvgIpc) is 3.08. The number of hydrogen-bond acceptors (Lipinski definition) is 3. The smallest absolute Gasteiger partial charge is 0.130 e. The van der Waals surface area contributed by atoms with Gasteiger partial charge in [0, 0.05) is 42.3 Å². The molecule has 2 fully saturated rings. The van der Waals surface area contributed by atoms with Crippen LogP contribution in [0.3, 0.4) is 0 Å². The summed E-state index contributed by atoms with van der Waals surface area (Å²) in [6, 6.07) is 11.3. The van der Waals surface area contributed by atoms with Gasteiger partial charge in [0.15, 0.2) is 0 Å². The summed E-state index contributed by atoms with van der Waals surface area (Å²) in [6.45, 7) is 3.64. The number of aromatic nitrogens is 2. The lowest BCUT2D eigenvalue weighted by Crippen LogP contribution is -2.55. The first kappa shape index (κ1) is 20.5. The molecule has 4 rings (SSSR count). The van der Waals surface area contributed by atoms with Crippen molar-refractivity contribution in [2.75, 3.05) is 13.2 Å². The SMILES string of the molecule is C#C[C@H]1CN(C2CCC(c3cc(C)n(C)n3)CC2)[C@@H](Cc2ccc(Cl)cc2)CO1. The highest BCUT2D eigenvalue weighted by Crippen LogP contribution is 2.36. The molecule has 2 aliphatic rings. The summed E-state index contributed by atoms with van der Waals surface area (Å²) < 4.78 is 7.94. The molecule has 1 saturated heterocycles. The first-order valence-corrected chi connectivity index (χ1v) is 11.0. The number of hydrogen-bond donors (Lipinski definition) is 0. The highest BCUT2D eigenvalue weighted by atomic mass is 35.5. The fourth-order valence-electron chi connectivity index (χ4n) is 4.82. The van der Waals surface area contributed by atoms with Gasteiger partial charge >= 0.3 is 0 Å². The van der Waals surface area contributed by atoms with E-state index in [1.807, 2.05) is 23.9 Å². The maximum Gasteiger partial charge on any atom is 0.130 e. The molecule has 1 aliphatic carbocycles. The van der Waals surface area contributed by atoms with E-state index in [0.717, 1.165) is 18.0 Å². The summed E-state index contributed by atoms with van der Waals surface area (Å²) in [5.74, 6) is 3.39. The van der Waals surface area contributed by atoms with E-state index in [1.54, 1.807) is 0 Å². The second kappa shape index (κ2) is 8.92. The largest absolute Gasteiger partial charge is 0.363 e. The molecule has 1 aliphatic heterocycles. The van der Waals surface area contributed by atoms with Gasteiger partial charge in [0.2, 0.25) is 0 Å². The van der Waals surface area contributed by atoms with E-state index < -0.39 is 0 Å². The summed E-state index contributed by atoms with van der Waals surface area (Å²) in [5.41, 5.74) is 3.78. The van der Waals surface area contributed by atoms with E-state index >= 15 is 0 Å². The molecule has 1 aromatic heterocycles. The van der Waals surface area contributed by atoms with Crippen molar-refractivity contribution in [3.05, 3.63) is 52.3 Å². The summed E-state index contributed by atoms with van der Waals surface area (Å²) >= 11 is 6.05. The Kier molecular flexibility index (Phi) is 6.29. The monoisotopic (exact) mass is 411 g/mol. The van der Waals surface area contributed by atoms with Gasteiger partial charge in [0.05, 0.1) is 12.3 Å². The Labute approximate surface area is 179 Å². The number of terminal acetylenes is 1. The van der Waals surface area contributed by atoms with Crippen LogP contribution in [0.25, 0.3) is 0 Å². The zero-order chi connectivity index (χ0) is 20.4. The minimum absolute atomic E-state index is 0.104. The lowest BCUT2D eigenvalue weighted by atomic mass is 9.82. The fraction of sp³-hybridized carbons (Fsp3) is 0.542. The number of morpholine rings is 1. The van der Waals surface area contributed by atoms with E-state index in [2.05, 4.69) is 35.9 Å². The lowest BCUT2D eigenvalue weighted by Gasteiger charge is -2.45. The normalized spacial score (nSPS) is 28.2. The standard InChI is InChI=1S/C24H30ClN3O/c1-4-23-15-28(22(16-29-23)14-18-5-9-20(25)10-6-18)21-11-7-19(8-12-21)24-13-17(2)27(3)26-24/h1,5-6,9-10,13,19,21-23H,7-8,11-12,14-16H2,2-3H3/t19?,21?,22-,23-/m0/s1. The van der Waals surface area contributed by atoms with Gasteiger partial charge in [0.1, 0.15) is 6.10 Å². The molecule has 5 heteroatoms. The first-order valence-electron chi connectivity index (χ1n) is 10.6. The van der Waals surface area contributed by atoms with Crippen LogP contribution >= 0.6 is 11.6 Å². The zero-order valence-electron chi connectivity index (χ0n) is 17.4. The Hall–Kier alpha value is -1.80. The summed E-state index contributed by atoms with van der Waals surface area (Å²) in [6.07, 6.45) is 11.3. The topological polar surface area (TPSA) is 30.3 Å². The first-order chi connectivity index (χ1) is 14.0. The number of ether oxygens (including phenoxy) is 1. The summed E-state index contributed by atoms with van der Waals surface area (Å²) in [5, 5.41) is 5.50. The van der Waals surface area contributed by atoms with E-state index in [4.69, 9.17) is 27.9 Å². The van der Waals surface area contributed by atoms with Crippen LogP contribution < -0.4 is 0 Å². The number of nitrogens with zero attached hydrogens (tertiary/aromatic N) is 3. The molecule has 0 radical (unpaired) electrons. The highest BCUT2D eigenvalue weighted by molar-refractivity contribution is 6.30. The second-order valence-electron chi connectivity index (χ2n) is 8.51. The van der Waals surface area contributed by atoms with Gasteiger partial charge in [-0.15, -0.1) is 6.42 Å². The average molecular weight is 412 g/mol. The van der Waals surface area contributed by atoms with Crippen molar-refractivity contribution in [3.8, 4) is 12.3 Å². The molecule has 0 bridgehead atoms. The Bertz CT molecular complexity index is 842. The maximum absolute atomic E-state index is 6.05. The molecule has 4 nitrogen and oxygen atoms in total. The van der Waals surface area contributed by atoms with Gasteiger partial charge in [-0.2, -0.15) is 5.10 Å².